The number of hydrogen-bond acceptors (Lipinski definition) is 8. The molecule has 3 heterocycles. The first-order chi connectivity index (χ1) is 19.2. The molecular weight excluding hydrogens is 509 g/mol. The van der Waals surface area contributed by atoms with Crippen molar-refractivity contribution in [3.05, 3.63) is 65.3 Å². The van der Waals surface area contributed by atoms with Gasteiger partial charge in [-0.1, -0.05) is 12.5 Å². The lowest BCUT2D eigenvalue weighted by Gasteiger charge is -2.47. The van der Waals surface area contributed by atoms with Gasteiger partial charge in [-0.3, -0.25) is 9.89 Å². The van der Waals surface area contributed by atoms with Gasteiger partial charge in [-0.2, -0.15) is 5.10 Å². The van der Waals surface area contributed by atoms with E-state index in [0.717, 1.165) is 79.1 Å². The van der Waals surface area contributed by atoms with Crippen LogP contribution in [0.1, 0.15) is 74.3 Å². The van der Waals surface area contributed by atoms with Crippen LogP contribution in [0.15, 0.2) is 42.5 Å². The number of carbonyl (C=O) groups is 1. The maximum atomic E-state index is 13.4. The molecule has 0 aliphatic heterocycles. The highest BCUT2D eigenvalue weighted by atomic mass is 19.1. The van der Waals surface area contributed by atoms with Crippen molar-refractivity contribution >= 4 is 29.6 Å². The predicted molar refractivity (Wildman–Crippen MR) is 152 cm³/mol. The molecule has 0 spiro atoms. The number of nitrogens with one attached hydrogen (secondary N) is 5. The zero-order valence-electron chi connectivity index (χ0n) is 23.1. The van der Waals surface area contributed by atoms with Crippen molar-refractivity contribution in [2.45, 2.75) is 70.8 Å². The van der Waals surface area contributed by atoms with E-state index in [1.807, 2.05) is 39.0 Å². The molecule has 3 aromatic heterocycles. The van der Waals surface area contributed by atoms with Crippen molar-refractivity contribution in [1.82, 2.24) is 30.5 Å². The molecule has 11 heteroatoms. The number of aromatic amines is 1. The molecule has 2 bridgehead atoms. The number of aromatic nitrogens is 5. The minimum absolute atomic E-state index is 0.0469. The fourth-order valence-corrected chi connectivity index (χ4v) is 6.14. The molecule has 0 radical (unpaired) electrons. The third-order valence-electron chi connectivity index (χ3n) is 8.16. The fraction of sp³-hybridized carbons (Fsp3) is 0.448. The standard InChI is InChI=1S/C29H36FN9O/c1-17-11-25(36-26-12-18(2)38-39-26)37-28(34-17)29-9-4-5-20(13-29)23(8-10-29)27(40)35-19(3)21-6-7-24(32-15-21)33-16-22(30)14-31/h6-7,11-12,14-16,19-20,23,31H,4-5,8-10,13H2,1-3H3,(H,32,33)(H,35,40)(H2,34,36,37,38,39)/b22-16+,31-14?/t19-,20?,23?,29?/m0/s1. The van der Waals surface area contributed by atoms with E-state index in [1.54, 1.807) is 12.3 Å². The summed E-state index contributed by atoms with van der Waals surface area (Å²) in [5, 5.41) is 23.3. The number of anilines is 3. The highest BCUT2D eigenvalue weighted by molar-refractivity contribution is 5.79. The highest BCUT2D eigenvalue weighted by Gasteiger charge is 2.48. The second-order valence-electron chi connectivity index (χ2n) is 11.1. The second-order valence-corrected chi connectivity index (χ2v) is 11.1. The van der Waals surface area contributed by atoms with Crippen molar-refractivity contribution in [2.24, 2.45) is 11.8 Å². The zero-order valence-corrected chi connectivity index (χ0v) is 23.1. The lowest BCUT2D eigenvalue weighted by molar-refractivity contribution is -0.130. The molecule has 3 unspecified atom stereocenters. The summed E-state index contributed by atoms with van der Waals surface area (Å²) >= 11 is 0. The summed E-state index contributed by atoms with van der Waals surface area (Å²) in [6, 6.07) is 7.25. The molecule has 2 saturated carbocycles. The third-order valence-corrected chi connectivity index (χ3v) is 8.16. The molecule has 0 saturated heterocycles. The lowest BCUT2D eigenvalue weighted by Crippen LogP contribution is -2.47. The molecule has 2 aliphatic rings. The molecule has 10 nitrogen and oxygen atoms in total. The Kier molecular flexibility index (Phi) is 7.90. The Labute approximate surface area is 233 Å². The average molecular weight is 546 g/mol. The van der Waals surface area contributed by atoms with Gasteiger partial charge in [0.2, 0.25) is 5.91 Å². The Bertz CT molecular complexity index is 1400. The van der Waals surface area contributed by atoms with Crippen LogP contribution in [0.4, 0.5) is 21.8 Å². The van der Waals surface area contributed by atoms with Crippen LogP contribution < -0.4 is 16.0 Å². The number of nitrogens with zero attached hydrogens (tertiary/aromatic N) is 4. The van der Waals surface area contributed by atoms with Crippen LogP contribution in [0.25, 0.3) is 0 Å². The minimum Gasteiger partial charge on any atom is -0.349 e. The van der Waals surface area contributed by atoms with E-state index in [0.29, 0.717) is 12.0 Å². The summed E-state index contributed by atoms with van der Waals surface area (Å²) in [4.78, 5) is 27.6. The van der Waals surface area contributed by atoms with E-state index in [1.165, 1.54) is 0 Å². The molecule has 5 rings (SSSR count). The zero-order chi connectivity index (χ0) is 28.3. The first-order valence-electron chi connectivity index (χ1n) is 13.8. The van der Waals surface area contributed by atoms with Crippen molar-refractivity contribution in [3.8, 4) is 0 Å². The summed E-state index contributed by atoms with van der Waals surface area (Å²) in [6.45, 7) is 5.87. The van der Waals surface area contributed by atoms with Crippen molar-refractivity contribution in [3.63, 3.8) is 0 Å². The van der Waals surface area contributed by atoms with Gasteiger partial charge in [0.05, 0.1) is 18.0 Å². The van der Waals surface area contributed by atoms with Crippen molar-refractivity contribution in [1.29, 1.82) is 5.41 Å². The Hall–Kier alpha value is -4.15. The summed E-state index contributed by atoms with van der Waals surface area (Å²) in [5.41, 5.74) is 2.57. The smallest absolute Gasteiger partial charge is 0.223 e. The molecule has 1 amide bonds. The first kappa shape index (κ1) is 27.4. The largest absolute Gasteiger partial charge is 0.349 e. The summed E-state index contributed by atoms with van der Waals surface area (Å²) in [7, 11) is 0. The van der Waals surface area contributed by atoms with Crippen LogP contribution in [0.5, 0.6) is 0 Å². The van der Waals surface area contributed by atoms with E-state index >= 15 is 0 Å². The highest BCUT2D eigenvalue weighted by Crippen LogP contribution is 2.52. The summed E-state index contributed by atoms with van der Waals surface area (Å²) < 4.78 is 13.1. The van der Waals surface area contributed by atoms with Gasteiger partial charge in [0, 0.05) is 41.6 Å². The number of amides is 1. The van der Waals surface area contributed by atoms with Crippen molar-refractivity contribution in [2.75, 3.05) is 10.6 Å². The lowest BCUT2D eigenvalue weighted by atomic mass is 9.58. The number of aryl methyl sites for hydroxylation is 2. The van der Waals surface area contributed by atoms with Gasteiger partial charge in [0.1, 0.15) is 23.3 Å². The number of allylic oxidation sites excluding steroid dienone is 1. The maximum Gasteiger partial charge on any atom is 0.223 e. The van der Waals surface area contributed by atoms with Gasteiger partial charge in [0.15, 0.2) is 5.83 Å². The molecular formula is C29H36FN9O. The van der Waals surface area contributed by atoms with Crippen LogP contribution in [-0.4, -0.2) is 37.3 Å². The van der Waals surface area contributed by atoms with Gasteiger partial charge in [-0.15, -0.1) is 0 Å². The molecule has 4 atom stereocenters. The SMILES string of the molecule is Cc1cc(Nc2cc(C)nc(C34CCCC(C3)C(C(=O)N[C@@H](C)c3ccc(N/C=C(/F)C=N)nc3)CC4)n2)[nH]n1. The van der Waals surface area contributed by atoms with Gasteiger partial charge in [-0.05, 0) is 70.4 Å². The van der Waals surface area contributed by atoms with Crippen molar-refractivity contribution < 1.29 is 9.18 Å². The monoisotopic (exact) mass is 545 g/mol. The van der Waals surface area contributed by atoms with E-state index in [4.69, 9.17) is 15.4 Å². The number of hydrogen-bond donors (Lipinski definition) is 5. The molecule has 2 fully saturated rings. The van der Waals surface area contributed by atoms with Crippen LogP contribution in [0, 0.1) is 31.1 Å². The van der Waals surface area contributed by atoms with E-state index in [9.17, 15) is 9.18 Å². The first-order valence-corrected chi connectivity index (χ1v) is 13.8. The molecule has 0 aromatic carbocycles. The van der Waals surface area contributed by atoms with E-state index in [2.05, 4.69) is 31.1 Å². The molecule has 40 heavy (non-hydrogen) atoms. The Morgan fingerprint density at radius 3 is 2.75 bits per heavy atom. The third kappa shape index (κ3) is 6.03. The normalized spacial score (nSPS) is 23.2. The minimum atomic E-state index is -0.694. The van der Waals surface area contributed by atoms with Gasteiger partial charge < -0.3 is 21.4 Å². The Morgan fingerprint density at radius 2 is 2.02 bits per heavy atom. The topological polar surface area (TPSA) is 144 Å². The van der Waals surface area contributed by atoms with Crippen LogP contribution >= 0.6 is 0 Å². The number of pyridine rings is 1. The number of H-pyrrole nitrogens is 1. The Balaban J connectivity index is 1.24. The van der Waals surface area contributed by atoms with E-state index < -0.39 is 5.83 Å². The van der Waals surface area contributed by atoms with Crippen LogP contribution in [0.3, 0.4) is 0 Å². The van der Waals surface area contributed by atoms with Gasteiger partial charge >= 0.3 is 0 Å². The maximum absolute atomic E-state index is 13.4. The second kappa shape index (κ2) is 11.5. The van der Waals surface area contributed by atoms with E-state index in [-0.39, 0.29) is 29.2 Å². The number of rotatable bonds is 9. The summed E-state index contributed by atoms with van der Waals surface area (Å²) in [6.07, 6.45) is 9.06. The van der Waals surface area contributed by atoms with Gasteiger partial charge in [0.25, 0.3) is 0 Å². The fourth-order valence-electron chi connectivity index (χ4n) is 6.14. The quantitative estimate of drug-likeness (QED) is 0.222. The number of carbonyl (C=O) groups excluding carboxylic acids is 1. The Morgan fingerprint density at radius 1 is 1.18 bits per heavy atom. The molecule has 3 aromatic rings. The number of fused-ring (bicyclic) bond motifs is 2. The van der Waals surface area contributed by atoms with Crippen LogP contribution in [-0.2, 0) is 10.2 Å². The molecule has 210 valence electrons. The van der Waals surface area contributed by atoms with Crippen LogP contribution in [0.2, 0.25) is 0 Å². The number of halogens is 1. The predicted octanol–water partition coefficient (Wildman–Crippen LogP) is 5.54. The molecule has 2 aliphatic carbocycles. The molecule has 5 N–H and O–H groups in total. The average Bonchev–Trinajstić information content (AvgIpc) is 3.35. The summed E-state index contributed by atoms with van der Waals surface area (Å²) in [5.74, 6) is 2.50. The van der Waals surface area contributed by atoms with Gasteiger partial charge in [-0.25, -0.2) is 19.3 Å².